The van der Waals surface area contributed by atoms with E-state index in [1.807, 2.05) is 0 Å². The van der Waals surface area contributed by atoms with Gasteiger partial charge in [-0.3, -0.25) is 9.59 Å². The molecule has 1 aromatic rings. The van der Waals surface area contributed by atoms with Crippen molar-refractivity contribution in [2.24, 2.45) is 0 Å². The smallest absolute Gasteiger partial charge is 0.295 e. The van der Waals surface area contributed by atoms with Crippen LogP contribution < -0.4 is 10.6 Å². The molecule has 2 N–H and O–H groups in total. The molecule has 1 atom stereocenters. The van der Waals surface area contributed by atoms with Crippen molar-refractivity contribution in [1.82, 2.24) is 25.7 Å². The van der Waals surface area contributed by atoms with Gasteiger partial charge in [0.1, 0.15) is 0 Å². The quantitative estimate of drug-likeness (QED) is 0.754. The number of carbonyl (C=O) groups is 2. The average Bonchev–Trinajstić information content (AvgIpc) is 3.07. The first kappa shape index (κ1) is 13.0. The topological polar surface area (TPSA) is 100 Å². The number of aromatic nitrogens is 2. The third-order valence-corrected chi connectivity index (χ3v) is 3.54. The molecule has 3 heterocycles. The third kappa shape index (κ3) is 2.64. The monoisotopic (exact) mass is 279 g/mol. The lowest BCUT2D eigenvalue weighted by Gasteiger charge is -2.16. The van der Waals surface area contributed by atoms with Gasteiger partial charge in [0.05, 0.1) is 12.6 Å². The minimum atomic E-state index is -0.352. The van der Waals surface area contributed by atoms with E-state index in [0.717, 1.165) is 25.8 Å². The summed E-state index contributed by atoms with van der Waals surface area (Å²) in [6, 6.07) is 0.0384. The predicted molar refractivity (Wildman–Crippen MR) is 67.8 cm³/mol. The molecule has 8 nitrogen and oxygen atoms in total. The highest BCUT2D eigenvalue weighted by Crippen LogP contribution is 2.21. The van der Waals surface area contributed by atoms with Crippen molar-refractivity contribution in [3.63, 3.8) is 0 Å². The zero-order chi connectivity index (χ0) is 13.9. The van der Waals surface area contributed by atoms with E-state index in [1.165, 1.54) is 4.90 Å². The SMILES string of the molecule is O=C1CN(C(=O)c2noc(C3CCCN3)n2)CCCN1. The fraction of sp³-hybridized carbons (Fsp3) is 0.667. The summed E-state index contributed by atoms with van der Waals surface area (Å²) < 4.78 is 5.15. The maximum Gasteiger partial charge on any atom is 0.295 e. The number of hydrogen-bond donors (Lipinski definition) is 2. The normalized spacial score (nSPS) is 23.5. The van der Waals surface area contributed by atoms with Crippen LogP contribution >= 0.6 is 0 Å². The minimum absolute atomic E-state index is 0.0309. The van der Waals surface area contributed by atoms with Gasteiger partial charge in [0.15, 0.2) is 0 Å². The summed E-state index contributed by atoms with van der Waals surface area (Å²) in [6.07, 6.45) is 2.72. The van der Waals surface area contributed by atoms with Crippen molar-refractivity contribution in [3.8, 4) is 0 Å². The summed E-state index contributed by atoms with van der Waals surface area (Å²) in [5.41, 5.74) is 0. The molecule has 1 unspecified atom stereocenters. The standard InChI is InChI=1S/C12H17N5O3/c18-9-7-17(6-2-5-14-9)12(19)10-15-11(20-16-10)8-3-1-4-13-8/h8,13H,1-7H2,(H,14,18). The molecule has 0 radical (unpaired) electrons. The Balaban J connectivity index is 1.71. The molecule has 2 fully saturated rings. The van der Waals surface area contributed by atoms with Crippen molar-refractivity contribution < 1.29 is 14.1 Å². The van der Waals surface area contributed by atoms with Gasteiger partial charge in [-0.2, -0.15) is 4.98 Å². The van der Waals surface area contributed by atoms with E-state index < -0.39 is 0 Å². The van der Waals surface area contributed by atoms with Crippen LogP contribution in [0.3, 0.4) is 0 Å². The van der Waals surface area contributed by atoms with Crippen LogP contribution in [0, 0.1) is 0 Å². The van der Waals surface area contributed by atoms with Gasteiger partial charge in [-0.05, 0) is 25.8 Å². The number of amides is 2. The minimum Gasteiger partial charge on any atom is -0.354 e. The van der Waals surface area contributed by atoms with Crippen molar-refractivity contribution in [2.75, 3.05) is 26.2 Å². The maximum absolute atomic E-state index is 12.3. The molecule has 1 aromatic heterocycles. The van der Waals surface area contributed by atoms with Crippen molar-refractivity contribution in [2.45, 2.75) is 25.3 Å². The second-order valence-electron chi connectivity index (χ2n) is 5.04. The highest BCUT2D eigenvalue weighted by Gasteiger charge is 2.28. The van der Waals surface area contributed by atoms with Gasteiger partial charge in [-0.1, -0.05) is 5.16 Å². The Morgan fingerprint density at radius 2 is 2.25 bits per heavy atom. The van der Waals surface area contributed by atoms with Gasteiger partial charge in [-0.15, -0.1) is 0 Å². The summed E-state index contributed by atoms with van der Waals surface area (Å²) in [5.74, 6) is -0.0272. The number of rotatable bonds is 2. The molecule has 0 aliphatic carbocycles. The van der Waals surface area contributed by atoms with E-state index in [-0.39, 0.29) is 30.2 Å². The number of hydrogen-bond acceptors (Lipinski definition) is 6. The van der Waals surface area contributed by atoms with Crippen LogP contribution in [0.1, 0.15) is 41.8 Å². The van der Waals surface area contributed by atoms with Gasteiger partial charge in [-0.25, -0.2) is 0 Å². The Kier molecular flexibility index (Phi) is 3.64. The number of carbonyl (C=O) groups excluding carboxylic acids is 2. The molecule has 3 rings (SSSR count). The Morgan fingerprint density at radius 1 is 1.35 bits per heavy atom. The molecule has 2 aliphatic rings. The van der Waals surface area contributed by atoms with Crippen LogP contribution in [0.4, 0.5) is 0 Å². The Hall–Kier alpha value is -1.96. The molecule has 2 amide bonds. The first-order valence-electron chi connectivity index (χ1n) is 6.87. The van der Waals surface area contributed by atoms with E-state index in [9.17, 15) is 9.59 Å². The van der Waals surface area contributed by atoms with E-state index >= 15 is 0 Å². The van der Waals surface area contributed by atoms with Gasteiger partial charge < -0.3 is 20.1 Å². The van der Waals surface area contributed by atoms with E-state index in [4.69, 9.17) is 4.52 Å². The first-order chi connectivity index (χ1) is 9.74. The molecular formula is C12H17N5O3. The van der Waals surface area contributed by atoms with E-state index in [2.05, 4.69) is 20.8 Å². The van der Waals surface area contributed by atoms with Crippen LogP contribution in [-0.4, -0.2) is 53.0 Å². The fourth-order valence-electron chi connectivity index (χ4n) is 2.48. The average molecular weight is 279 g/mol. The molecule has 2 aliphatic heterocycles. The van der Waals surface area contributed by atoms with Crippen molar-refractivity contribution in [3.05, 3.63) is 11.7 Å². The molecule has 0 bridgehead atoms. The second-order valence-corrected chi connectivity index (χ2v) is 5.04. The van der Waals surface area contributed by atoms with Crippen LogP contribution in [0.5, 0.6) is 0 Å². The zero-order valence-corrected chi connectivity index (χ0v) is 11.1. The van der Waals surface area contributed by atoms with Gasteiger partial charge >= 0.3 is 0 Å². The summed E-state index contributed by atoms with van der Waals surface area (Å²) >= 11 is 0. The van der Waals surface area contributed by atoms with E-state index in [1.54, 1.807) is 0 Å². The van der Waals surface area contributed by atoms with Crippen molar-refractivity contribution in [1.29, 1.82) is 0 Å². The Bertz CT molecular complexity index is 509. The molecule has 8 heteroatoms. The van der Waals surface area contributed by atoms with Gasteiger partial charge in [0.2, 0.25) is 11.8 Å². The van der Waals surface area contributed by atoms with E-state index in [0.29, 0.717) is 19.0 Å². The lowest BCUT2D eigenvalue weighted by Crippen LogP contribution is -2.37. The molecule has 108 valence electrons. The summed E-state index contributed by atoms with van der Waals surface area (Å²) in [4.78, 5) is 29.3. The number of nitrogens with one attached hydrogen (secondary N) is 2. The first-order valence-corrected chi connectivity index (χ1v) is 6.87. The summed E-state index contributed by atoms with van der Waals surface area (Å²) in [6.45, 7) is 2.07. The third-order valence-electron chi connectivity index (χ3n) is 3.54. The molecular weight excluding hydrogens is 262 g/mol. The van der Waals surface area contributed by atoms with Crippen LogP contribution in [0.15, 0.2) is 4.52 Å². The molecule has 0 saturated carbocycles. The van der Waals surface area contributed by atoms with Crippen LogP contribution in [-0.2, 0) is 4.79 Å². The van der Waals surface area contributed by atoms with Crippen LogP contribution in [0.2, 0.25) is 0 Å². The van der Waals surface area contributed by atoms with Gasteiger partial charge in [0.25, 0.3) is 11.7 Å². The Morgan fingerprint density at radius 3 is 3.05 bits per heavy atom. The molecule has 20 heavy (non-hydrogen) atoms. The Labute approximate surface area is 115 Å². The second kappa shape index (κ2) is 5.58. The highest BCUT2D eigenvalue weighted by molar-refractivity contribution is 5.93. The maximum atomic E-state index is 12.3. The summed E-state index contributed by atoms with van der Waals surface area (Å²) in [7, 11) is 0. The van der Waals surface area contributed by atoms with Crippen LogP contribution in [0.25, 0.3) is 0 Å². The molecule has 0 aromatic carbocycles. The summed E-state index contributed by atoms with van der Waals surface area (Å²) in [5, 5.41) is 9.70. The lowest BCUT2D eigenvalue weighted by molar-refractivity contribution is -0.121. The fourth-order valence-corrected chi connectivity index (χ4v) is 2.48. The predicted octanol–water partition coefficient (Wildman–Crippen LogP) is -0.544. The molecule has 2 saturated heterocycles. The highest BCUT2D eigenvalue weighted by atomic mass is 16.5. The zero-order valence-electron chi connectivity index (χ0n) is 11.1. The van der Waals surface area contributed by atoms with Crippen molar-refractivity contribution >= 4 is 11.8 Å². The lowest BCUT2D eigenvalue weighted by atomic mass is 10.2. The molecule has 0 spiro atoms. The number of nitrogens with zero attached hydrogens (tertiary/aromatic N) is 3. The van der Waals surface area contributed by atoms with Gasteiger partial charge in [0, 0.05) is 13.1 Å². The largest absolute Gasteiger partial charge is 0.354 e.